The zero-order valence-corrected chi connectivity index (χ0v) is 11.7. The molecule has 2 aromatic rings. The maximum atomic E-state index is 3.95. The van der Waals surface area contributed by atoms with Crippen LogP contribution in [-0.2, 0) is 6.54 Å². The number of H-pyrrole nitrogens is 1. The van der Waals surface area contributed by atoms with Gasteiger partial charge >= 0.3 is 0 Å². The number of aromatic nitrogens is 2. The Labute approximate surface area is 115 Å². The monoisotopic (exact) mass is 305 g/mol. The number of nitrogens with one attached hydrogen (secondary N) is 2. The molecule has 0 aliphatic heterocycles. The van der Waals surface area contributed by atoms with Crippen LogP contribution in [0.2, 0.25) is 0 Å². The van der Waals surface area contributed by atoms with E-state index in [0.717, 1.165) is 22.6 Å². The maximum absolute atomic E-state index is 3.95. The van der Waals surface area contributed by atoms with Gasteiger partial charge < -0.3 is 5.32 Å². The summed E-state index contributed by atoms with van der Waals surface area (Å²) in [7, 11) is 0. The van der Waals surface area contributed by atoms with Gasteiger partial charge in [-0.25, -0.2) is 0 Å². The molecule has 3 nitrogen and oxygen atoms in total. The largest absolute Gasteiger partial charge is 0.308 e. The SMILES string of the molecule is Brc1ccc(C2CC(NCc3ccn[nH]3)C2)cc1. The van der Waals surface area contributed by atoms with Gasteiger partial charge in [0, 0.05) is 29.0 Å². The predicted octanol–water partition coefficient (Wildman–Crippen LogP) is 3.21. The van der Waals surface area contributed by atoms with Crippen LogP contribution in [0.3, 0.4) is 0 Å². The second-order valence-electron chi connectivity index (χ2n) is 4.88. The zero-order chi connectivity index (χ0) is 12.4. The molecule has 2 N–H and O–H groups in total. The fourth-order valence-corrected chi connectivity index (χ4v) is 2.69. The molecular weight excluding hydrogens is 290 g/mol. The Hall–Kier alpha value is -1.13. The third-order valence-electron chi connectivity index (χ3n) is 3.62. The van der Waals surface area contributed by atoms with Crippen molar-refractivity contribution >= 4 is 15.9 Å². The number of aromatic amines is 1. The molecule has 1 heterocycles. The van der Waals surface area contributed by atoms with E-state index < -0.39 is 0 Å². The molecule has 1 saturated carbocycles. The number of hydrogen-bond donors (Lipinski definition) is 2. The molecule has 3 rings (SSSR count). The molecule has 1 aromatic heterocycles. The van der Waals surface area contributed by atoms with E-state index in [0.29, 0.717) is 6.04 Å². The molecule has 94 valence electrons. The summed E-state index contributed by atoms with van der Waals surface area (Å²) < 4.78 is 1.15. The maximum Gasteiger partial charge on any atom is 0.0490 e. The first-order chi connectivity index (χ1) is 8.81. The second kappa shape index (κ2) is 5.24. The van der Waals surface area contributed by atoms with Crippen LogP contribution in [0.1, 0.15) is 30.0 Å². The lowest BCUT2D eigenvalue weighted by Gasteiger charge is -2.36. The van der Waals surface area contributed by atoms with Crippen molar-refractivity contribution in [2.75, 3.05) is 0 Å². The molecular formula is C14H16BrN3. The van der Waals surface area contributed by atoms with Crippen LogP contribution in [0.5, 0.6) is 0 Å². The van der Waals surface area contributed by atoms with Crippen molar-refractivity contribution in [1.82, 2.24) is 15.5 Å². The molecule has 0 radical (unpaired) electrons. The Kier molecular flexibility index (Phi) is 3.48. The van der Waals surface area contributed by atoms with Gasteiger partial charge in [-0.05, 0) is 42.5 Å². The van der Waals surface area contributed by atoms with Crippen LogP contribution < -0.4 is 5.32 Å². The number of benzene rings is 1. The van der Waals surface area contributed by atoms with E-state index in [1.165, 1.54) is 18.4 Å². The predicted molar refractivity (Wildman–Crippen MR) is 75.3 cm³/mol. The Balaban J connectivity index is 1.47. The lowest BCUT2D eigenvalue weighted by Crippen LogP contribution is -2.39. The van der Waals surface area contributed by atoms with E-state index in [4.69, 9.17) is 0 Å². The topological polar surface area (TPSA) is 40.7 Å². The average molecular weight is 306 g/mol. The number of hydrogen-bond acceptors (Lipinski definition) is 2. The van der Waals surface area contributed by atoms with E-state index >= 15 is 0 Å². The highest BCUT2D eigenvalue weighted by molar-refractivity contribution is 9.10. The molecule has 0 saturated heterocycles. The summed E-state index contributed by atoms with van der Waals surface area (Å²) in [5, 5.41) is 10.5. The van der Waals surface area contributed by atoms with Gasteiger partial charge in [-0.3, -0.25) is 5.10 Å². The summed E-state index contributed by atoms with van der Waals surface area (Å²) in [4.78, 5) is 0. The molecule has 18 heavy (non-hydrogen) atoms. The summed E-state index contributed by atoms with van der Waals surface area (Å²) in [5.41, 5.74) is 2.61. The van der Waals surface area contributed by atoms with Crippen molar-refractivity contribution in [1.29, 1.82) is 0 Å². The average Bonchev–Trinajstić information content (AvgIpc) is 2.82. The van der Waals surface area contributed by atoms with Crippen molar-refractivity contribution in [3.8, 4) is 0 Å². The van der Waals surface area contributed by atoms with Crippen molar-refractivity contribution < 1.29 is 0 Å². The minimum Gasteiger partial charge on any atom is -0.308 e. The van der Waals surface area contributed by atoms with Gasteiger partial charge in [-0.1, -0.05) is 28.1 Å². The Bertz CT molecular complexity index is 486. The van der Waals surface area contributed by atoms with E-state index in [9.17, 15) is 0 Å². The Morgan fingerprint density at radius 1 is 1.22 bits per heavy atom. The molecule has 0 amide bonds. The van der Waals surface area contributed by atoms with Crippen LogP contribution in [0.25, 0.3) is 0 Å². The summed E-state index contributed by atoms with van der Waals surface area (Å²) in [6.07, 6.45) is 4.26. The lowest BCUT2D eigenvalue weighted by atomic mass is 9.76. The van der Waals surface area contributed by atoms with Crippen molar-refractivity contribution in [2.24, 2.45) is 0 Å². The van der Waals surface area contributed by atoms with Gasteiger partial charge in [0.15, 0.2) is 0 Å². The number of nitrogens with zero attached hydrogens (tertiary/aromatic N) is 1. The van der Waals surface area contributed by atoms with Gasteiger partial charge in [0.1, 0.15) is 0 Å². The second-order valence-corrected chi connectivity index (χ2v) is 5.80. The van der Waals surface area contributed by atoms with E-state index in [-0.39, 0.29) is 0 Å². The minimum absolute atomic E-state index is 0.641. The normalized spacial score (nSPS) is 22.7. The fourth-order valence-electron chi connectivity index (χ4n) is 2.43. The molecule has 0 spiro atoms. The number of rotatable bonds is 4. The molecule has 1 fully saturated rings. The highest BCUT2D eigenvalue weighted by Gasteiger charge is 2.29. The molecule has 1 aromatic carbocycles. The van der Waals surface area contributed by atoms with Gasteiger partial charge in [0.25, 0.3) is 0 Å². The number of halogens is 1. The standard InChI is InChI=1S/C14H16BrN3/c15-12-3-1-10(2-4-12)11-7-14(8-11)16-9-13-5-6-17-18-13/h1-6,11,14,16H,7-9H2,(H,17,18). The smallest absolute Gasteiger partial charge is 0.0490 e. The van der Waals surface area contributed by atoms with Gasteiger partial charge in [0.2, 0.25) is 0 Å². The third-order valence-corrected chi connectivity index (χ3v) is 4.15. The summed E-state index contributed by atoms with van der Waals surface area (Å²) in [6, 6.07) is 11.3. The van der Waals surface area contributed by atoms with Crippen LogP contribution in [-0.4, -0.2) is 16.2 Å². The fraction of sp³-hybridized carbons (Fsp3) is 0.357. The highest BCUT2D eigenvalue weighted by Crippen LogP contribution is 2.37. The summed E-state index contributed by atoms with van der Waals surface area (Å²) >= 11 is 3.47. The van der Waals surface area contributed by atoms with Crippen LogP contribution in [0, 0.1) is 0 Å². The third kappa shape index (κ3) is 2.65. The summed E-state index contributed by atoms with van der Waals surface area (Å²) in [6.45, 7) is 0.887. The van der Waals surface area contributed by atoms with Gasteiger partial charge in [0.05, 0.1) is 0 Å². The Morgan fingerprint density at radius 2 is 2.00 bits per heavy atom. The van der Waals surface area contributed by atoms with Crippen molar-refractivity contribution in [3.63, 3.8) is 0 Å². The first kappa shape index (κ1) is 11.9. The lowest BCUT2D eigenvalue weighted by molar-refractivity contribution is 0.288. The first-order valence-corrected chi connectivity index (χ1v) is 7.07. The van der Waals surface area contributed by atoms with Gasteiger partial charge in [-0.15, -0.1) is 0 Å². The molecule has 0 atom stereocenters. The molecule has 1 aliphatic carbocycles. The first-order valence-electron chi connectivity index (χ1n) is 6.28. The van der Waals surface area contributed by atoms with Crippen molar-refractivity contribution in [3.05, 3.63) is 52.3 Å². The van der Waals surface area contributed by atoms with E-state index in [2.05, 4.69) is 55.7 Å². The van der Waals surface area contributed by atoms with Crippen LogP contribution >= 0.6 is 15.9 Å². The van der Waals surface area contributed by atoms with E-state index in [1.54, 1.807) is 6.20 Å². The minimum atomic E-state index is 0.641. The Morgan fingerprint density at radius 3 is 2.67 bits per heavy atom. The summed E-state index contributed by atoms with van der Waals surface area (Å²) in [5.74, 6) is 0.720. The van der Waals surface area contributed by atoms with Crippen LogP contribution in [0.15, 0.2) is 41.0 Å². The van der Waals surface area contributed by atoms with Crippen LogP contribution in [0.4, 0.5) is 0 Å². The highest BCUT2D eigenvalue weighted by atomic mass is 79.9. The molecule has 4 heteroatoms. The van der Waals surface area contributed by atoms with E-state index in [1.807, 2.05) is 6.07 Å². The molecule has 0 bridgehead atoms. The molecule has 1 aliphatic rings. The molecule has 0 unspecified atom stereocenters. The zero-order valence-electron chi connectivity index (χ0n) is 10.1. The van der Waals surface area contributed by atoms with Gasteiger partial charge in [-0.2, -0.15) is 5.10 Å². The quantitative estimate of drug-likeness (QED) is 0.910. The van der Waals surface area contributed by atoms with Crippen molar-refractivity contribution in [2.45, 2.75) is 31.3 Å².